The van der Waals surface area contributed by atoms with Crippen LogP contribution in [0.15, 0.2) is 30.5 Å². The van der Waals surface area contributed by atoms with Gasteiger partial charge in [0.25, 0.3) is 0 Å². The molecule has 1 aromatic heterocycles. The first kappa shape index (κ1) is 13.4. The number of thiazole rings is 1. The first-order valence-electron chi connectivity index (χ1n) is 6.13. The van der Waals surface area contributed by atoms with Crippen molar-refractivity contribution >= 4 is 16.5 Å². The lowest BCUT2D eigenvalue weighted by Gasteiger charge is -2.03. The molecule has 0 aliphatic carbocycles. The Balaban J connectivity index is 1.91. The van der Waals surface area contributed by atoms with Crippen molar-refractivity contribution in [3.05, 3.63) is 40.9 Å². The number of ether oxygens (including phenoxy) is 1. The summed E-state index contributed by atoms with van der Waals surface area (Å²) in [5.41, 5.74) is 0.604. The highest BCUT2D eigenvalue weighted by Crippen LogP contribution is 2.20. The van der Waals surface area contributed by atoms with Crippen molar-refractivity contribution in [3.8, 4) is 11.8 Å². The zero-order chi connectivity index (χ0) is 13.5. The van der Waals surface area contributed by atoms with E-state index in [2.05, 4.69) is 23.3 Å². The summed E-state index contributed by atoms with van der Waals surface area (Å²) in [6.45, 7) is 3.52. The second kappa shape index (κ2) is 6.76. The molecular formula is C14H15N3OS. The fourth-order valence-electron chi connectivity index (χ4n) is 1.50. The van der Waals surface area contributed by atoms with Crippen LogP contribution in [-0.4, -0.2) is 11.5 Å². The quantitative estimate of drug-likeness (QED) is 0.876. The van der Waals surface area contributed by atoms with Gasteiger partial charge in [-0.3, -0.25) is 0 Å². The Morgan fingerprint density at radius 1 is 1.47 bits per heavy atom. The number of hydrogen-bond donors (Lipinski definition) is 1. The van der Waals surface area contributed by atoms with Crippen LogP contribution in [0.3, 0.4) is 0 Å². The minimum atomic E-state index is 0.473. The third-order valence-corrected chi connectivity index (χ3v) is 3.35. The molecule has 0 aliphatic rings. The van der Waals surface area contributed by atoms with Crippen molar-refractivity contribution in [3.63, 3.8) is 0 Å². The average molecular weight is 273 g/mol. The fourth-order valence-corrected chi connectivity index (χ4v) is 2.25. The molecule has 0 aliphatic heterocycles. The third kappa shape index (κ3) is 3.97. The van der Waals surface area contributed by atoms with Crippen LogP contribution in [0.2, 0.25) is 0 Å². The molecule has 0 radical (unpaired) electrons. The first-order chi connectivity index (χ1) is 9.31. The van der Waals surface area contributed by atoms with Gasteiger partial charge in [0.05, 0.1) is 16.5 Å². The van der Waals surface area contributed by atoms with E-state index in [1.165, 1.54) is 0 Å². The lowest BCUT2D eigenvalue weighted by Crippen LogP contribution is -1.97. The summed E-state index contributed by atoms with van der Waals surface area (Å²) in [4.78, 5) is 5.33. The number of nitriles is 1. The van der Waals surface area contributed by atoms with Crippen molar-refractivity contribution in [1.29, 1.82) is 5.26 Å². The van der Waals surface area contributed by atoms with Crippen LogP contribution < -0.4 is 10.1 Å². The number of nitrogens with zero attached hydrogens (tertiary/aromatic N) is 2. The van der Waals surface area contributed by atoms with Gasteiger partial charge in [-0.1, -0.05) is 24.3 Å². The number of benzene rings is 1. The van der Waals surface area contributed by atoms with Crippen molar-refractivity contribution in [2.75, 3.05) is 11.9 Å². The molecule has 1 aromatic carbocycles. The molecule has 0 atom stereocenters. The first-order valence-corrected chi connectivity index (χ1v) is 6.95. The van der Waals surface area contributed by atoms with Gasteiger partial charge in [0.2, 0.25) is 0 Å². The maximum Gasteiger partial charge on any atom is 0.182 e. The Kier molecular flexibility index (Phi) is 4.76. The van der Waals surface area contributed by atoms with E-state index in [0.717, 1.165) is 23.0 Å². The molecule has 5 heteroatoms. The molecule has 1 N–H and O–H groups in total. The summed E-state index contributed by atoms with van der Waals surface area (Å²) >= 11 is 1.59. The highest BCUT2D eigenvalue weighted by Gasteiger charge is 2.02. The maximum atomic E-state index is 8.81. The van der Waals surface area contributed by atoms with E-state index in [-0.39, 0.29) is 0 Å². The molecule has 4 nitrogen and oxygen atoms in total. The molecule has 0 unspecified atom stereocenters. The average Bonchev–Trinajstić information content (AvgIpc) is 2.91. The van der Waals surface area contributed by atoms with Crippen LogP contribution in [-0.2, 0) is 6.61 Å². The van der Waals surface area contributed by atoms with Crippen molar-refractivity contribution in [1.82, 2.24) is 4.98 Å². The Hall–Kier alpha value is -2.06. The standard InChI is InChI=1S/C14H15N3OS/c1-2-6-16-14-17-9-13(19-14)10-18-12-5-3-4-11(7-12)8-15/h3-5,7,9H,2,6,10H2,1H3,(H,16,17). The van der Waals surface area contributed by atoms with Crippen LogP contribution in [0.4, 0.5) is 5.13 Å². The smallest absolute Gasteiger partial charge is 0.182 e. The van der Waals surface area contributed by atoms with Crippen LogP contribution in [0.25, 0.3) is 0 Å². The van der Waals surface area contributed by atoms with E-state index in [9.17, 15) is 0 Å². The van der Waals surface area contributed by atoms with E-state index in [1.54, 1.807) is 23.5 Å². The van der Waals surface area contributed by atoms with E-state index in [4.69, 9.17) is 10.00 Å². The summed E-state index contributed by atoms with van der Waals surface area (Å²) < 4.78 is 5.64. The van der Waals surface area contributed by atoms with Crippen molar-refractivity contribution < 1.29 is 4.74 Å². The molecule has 0 saturated carbocycles. The number of aromatic nitrogens is 1. The van der Waals surface area contributed by atoms with Gasteiger partial charge in [-0.25, -0.2) is 4.98 Å². The molecule has 98 valence electrons. The zero-order valence-corrected chi connectivity index (χ0v) is 11.5. The SMILES string of the molecule is CCCNc1ncc(COc2cccc(C#N)c2)s1. The topological polar surface area (TPSA) is 57.9 Å². The molecular weight excluding hydrogens is 258 g/mol. The molecule has 2 aromatic rings. The van der Waals surface area contributed by atoms with Crippen LogP contribution in [0, 0.1) is 11.3 Å². The highest BCUT2D eigenvalue weighted by atomic mass is 32.1. The van der Waals surface area contributed by atoms with Gasteiger partial charge in [-0.05, 0) is 24.6 Å². The minimum absolute atomic E-state index is 0.473. The van der Waals surface area contributed by atoms with Gasteiger partial charge < -0.3 is 10.1 Å². The molecule has 0 saturated heterocycles. The summed E-state index contributed by atoms with van der Waals surface area (Å²) in [5.74, 6) is 0.704. The summed E-state index contributed by atoms with van der Waals surface area (Å²) in [7, 11) is 0. The highest BCUT2D eigenvalue weighted by molar-refractivity contribution is 7.15. The van der Waals surface area contributed by atoms with E-state index >= 15 is 0 Å². The molecule has 0 amide bonds. The monoisotopic (exact) mass is 273 g/mol. The number of rotatable bonds is 6. The normalized spacial score (nSPS) is 9.89. The number of hydrogen-bond acceptors (Lipinski definition) is 5. The van der Waals surface area contributed by atoms with Gasteiger partial charge in [-0.2, -0.15) is 5.26 Å². The zero-order valence-electron chi connectivity index (χ0n) is 10.7. The van der Waals surface area contributed by atoms with Gasteiger partial charge in [-0.15, -0.1) is 0 Å². The van der Waals surface area contributed by atoms with Crippen LogP contribution in [0.5, 0.6) is 5.75 Å². The largest absolute Gasteiger partial charge is 0.488 e. The minimum Gasteiger partial charge on any atom is -0.488 e. The second-order valence-electron chi connectivity index (χ2n) is 3.99. The second-order valence-corrected chi connectivity index (χ2v) is 5.10. The van der Waals surface area contributed by atoms with Gasteiger partial charge in [0, 0.05) is 12.7 Å². The summed E-state index contributed by atoms with van der Waals surface area (Å²) in [6.07, 6.45) is 2.89. The molecule has 0 spiro atoms. The lowest BCUT2D eigenvalue weighted by atomic mass is 10.2. The Morgan fingerprint density at radius 2 is 2.37 bits per heavy atom. The maximum absolute atomic E-state index is 8.81. The predicted molar refractivity (Wildman–Crippen MR) is 76.4 cm³/mol. The van der Waals surface area contributed by atoms with E-state index in [0.29, 0.717) is 17.9 Å². The molecule has 0 bridgehead atoms. The van der Waals surface area contributed by atoms with Crippen LogP contribution >= 0.6 is 11.3 Å². The number of nitrogens with one attached hydrogen (secondary N) is 1. The van der Waals surface area contributed by atoms with E-state index < -0.39 is 0 Å². The van der Waals surface area contributed by atoms with Crippen LogP contribution in [0.1, 0.15) is 23.8 Å². The van der Waals surface area contributed by atoms with E-state index in [1.807, 2.05) is 18.3 Å². The Morgan fingerprint density at radius 3 is 3.16 bits per heavy atom. The van der Waals surface area contributed by atoms with Crippen molar-refractivity contribution in [2.45, 2.75) is 20.0 Å². The number of anilines is 1. The van der Waals surface area contributed by atoms with Crippen molar-refractivity contribution in [2.24, 2.45) is 0 Å². The summed E-state index contributed by atoms with van der Waals surface area (Å²) in [5, 5.41) is 13.0. The summed E-state index contributed by atoms with van der Waals surface area (Å²) in [6, 6.07) is 9.24. The molecule has 2 rings (SSSR count). The lowest BCUT2D eigenvalue weighted by molar-refractivity contribution is 0.309. The van der Waals surface area contributed by atoms with Gasteiger partial charge in [0.1, 0.15) is 12.4 Å². The van der Waals surface area contributed by atoms with Gasteiger partial charge in [0.15, 0.2) is 5.13 Å². The Labute approximate surface area is 116 Å². The molecule has 1 heterocycles. The van der Waals surface area contributed by atoms with Gasteiger partial charge >= 0.3 is 0 Å². The fraction of sp³-hybridized carbons (Fsp3) is 0.286. The molecule has 0 fully saturated rings. The molecule has 19 heavy (non-hydrogen) atoms. The predicted octanol–water partition coefficient (Wildman–Crippen LogP) is 3.42. The third-order valence-electron chi connectivity index (χ3n) is 2.42. The Bertz CT molecular complexity index is 574.